The maximum atomic E-state index is 13.4. The van der Waals surface area contributed by atoms with Gasteiger partial charge >= 0.3 is 12.1 Å². The summed E-state index contributed by atoms with van der Waals surface area (Å²) in [6.45, 7) is 4.92. The van der Waals surface area contributed by atoms with Crippen molar-refractivity contribution < 1.29 is 32.7 Å². The Hall–Kier alpha value is -3.80. The lowest BCUT2D eigenvalue weighted by Crippen LogP contribution is -2.47. The van der Waals surface area contributed by atoms with Crippen LogP contribution in [0.4, 0.5) is 18.9 Å². The Morgan fingerprint density at radius 2 is 1.66 bits per heavy atom. The molecule has 3 aliphatic heterocycles. The lowest BCUT2D eigenvalue weighted by Gasteiger charge is -2.37. The number of fused-ring (bicyclic) bond motifs is 1. The second kappa shape index (κ2) is 12.8. The monoisotopic (exact) mass is 593 g/mol. The number of hydrogen-bond acceptors (Lipinski definition) is 6. The summed E-state index contributed by atoms with van der Waals surface area (Å²) >= 11 is 5.99. The van der Waals surface area contributed by atoms with Crippen LogP contribution >= 0.6 is 11.6 Å². The number of benzene rings is 2. The second-order valence-electron chi connectivity index (χ2n) is 10.1. The van der Waals surface area contributed by atoms with Crippen molar-refractivity contribution in [2.75, 3.05) is 51.2 Å². The smallest absolute Gasteiger partial charge is 0.475 e. The quantitative estimate of drug-likeness (QED) is 0.579. The molecule has 13 heteroatoms. The number of para-hydroxylation sites is 1. The summed E-state index contributed by atoms with van der Waals surface area (Å²) < 4.78 is 31.7. The van der Waals surface area contributed by atoms with E-state index in [1.807, 2.05) is 29.2 Å². The van der Waals surface area contributed by atoms with E-state index < -0.39 is 12.1 Å². The van der Waals surface area contributed by atoms with Gasteiger partial charge in [-0.3, -0.25) is 14.6 Å². The van der Waals surface area contributed by atoms with Crippen molar-refractivity contribution in [3.63, 3.8) is 0 Å². The Bertz CT molecular complexity index is 1300. The van der Waals surface area contributed by atoms with Crippen LogP contribution in [0.25, 0.3) is 0 Å². The van der Waals surface area contributed by atoms with Gasteiger partial charge in [0.15, 0.2) is 5.96 Å². The molecule has 3 aliphatic rings. The Morgan fingerprint density at radius 1 is 1.02 bits per heavy atom. The number of aliphatic carboxylic acids is 1. The number of alkyl halides is 3. The number of nitrogens with zero attached hydrogens (tertiary/aromatic N) is 5. The molecule has 5 rings (SSSR count). The normalized spacial score (nSPS) is 17.9. The van der Waals surface area contributed by atoms with Crippen LogP contribution in [-0.4, -0.2) is 96.0 Å². The zero-order valence-electron chi connectivity index (χ0n) is 22.5. The van der Waals surface area contributed by atoms with Gasteiger partial charge in [-0.15, -0.1) is 0 Å². The highest BCUT2D eigenvalue weighted by Gasteiger charge is 2.38. The van der Waals surface area contributed by atoms with E-state index in [0.29, 0.717) is 29.6 Å². The van der Waals surface area contributed by atoms with Gasteiger partial charge in [0, 0.05) is 56.0 Å². The molecule has 41 heavy (non-hydrogen) atoms. The van der Waals surface area contributed by atoms with E-state index in [-0.39, 0.29) is 18.4 Å². The first-order valence-electron chi connectivity index (χ1n) is 13.2. The van der Waals surface area contributed by atoms with Gasteiger partial charge in [0.25, 0.3) is 5.91 Å². The second-order valence-corrected chi connectivity index (χ2v) is 10.6. The lowest BCUT2D eigenvalue weighted by atomic mass is 9.95. The van der Waals surface area contributed by atoms with Gasteiger partial charge in [-0.2, -0.15) is 13.2 Å². The predicted octanol–water partition coefficient (Wildman–Crippen LogP) is 3.98. The van der Waals surface area contributed by atoms with Crippen LogP contribution in [0.15, 0.2) is 53.5 Å². The fraction of sp³-hybridized carbons (Fsp3) is 0.429. The summed E-state index contributed by atoms with van der Waals surface area (Å²) in [6, 6.07) is 14.8. The molecule has 0 radical (unpaired) electrons. The van der Waals surface area contributed by atoms with Crippen LogP contribution in [-0.2, 0) is 16.1 Å². The highest BCUT2D eigenvalue weighted by Crippen LogP contribution is 2.30. The number of carbonyl (C=O) groups excluding carboxylic acids is 2. The number of rotatable bonds is 3. The Balaban J connectivity index is 0.000000493. The average Bonchev–Trinajstić information content (AvgIpc) is 3.31. The van der Waals surface area contributed by atoms with Crippen molar-refractivity contribution in [2.45, 2.75) is 25.6 Å². The topological polar surface area (TPSA) is 96.8 Å². The molecular formula is C28H31ClF3N5O4. The van der Waals surface area contributed by atoms with E-state index in [1.54, 1.807) is 29.2 Å². The van der Waals surface area contributed by atoms with Crippen molar-refractivity contribution in [3.05, 3.63) is 64.7 Å². The number of amides is 2. The molecule has 0 saturated carbocycles. The number of likely N-dealkylation sites (N-methyl/N-ethyl adjacent to an activating group) is 1. The van der Waals surface area contributed by atoms with Crippen molar-refractivity contribution in [1.29, 1.82) is 0 Å². The van der Waals surface area contributed by atoms with E-state index >= 15 is 0 Å². The zero-order valence-corrected chi connectivity index (χ0v) is 23.2. The van der Waals surface area contributed by atoms with Gasteiger partial charge in [0.05, 0.1) is 6.54 Å². The summed E-state index contributed by atoms with van der Waals surface area (Å²) in [7, 11) is 2.10. The molecule has 0 unspecified atom stereocenters. The van der Waals surface area contributed by atoms with E-state index in [9.17, 15) is 22.8 Å². The van der Waals surface area contributed by atoms with Crippen LogP contribution < -0.4 is 4.90 Å². The summed E-state index contributed by atoms with van der Waals surface area (Å²) in [5, 5.41) is 7.71. The van der Waals surface area contributed by atoms with Gasteiger partial charge in [-0.25, -0.2) is 4.79 Å². The third-order valence-corrected chi connectivity index (χ3v) is 7.51. The predicted molar refractivity (Wildman–Crippen MR) is 148 cm³/mol. The van der Waals surface area contributed by atoms with Gasteiger partial charge in [-0.1, -0.05) is 29.8 Å². The summed E-state index contributed by atoms with van der Waals surface area (Å²) in [6.07, 6.45) is -3.04. The van der Waals surface area contributed by atoms with E-state index in [2.05, 4.69) is 21.8 Å². The SMILES string of the molecule is CN1CCN=C1N1CCC(CN2C(=O)CN(C(=O)c3ccc(Cl)cc3)Cc3ccccc32)CC1.O=C(O)C(F)(F)F. The minimum Gasteiger partial charge on any atom is -0.475 e. The van der Waals surface area contributed by atoms with Gasteiger partial charge in [-0.05, 0) is 54.7 Å². The minimum absolute atomic E-state index is 0.0328. The molecule has 2 amide bonds. The maximum Gasteiger partial charge on any atom is 0.490 e. The molecule has 2 aromatic carbocycles. The summed E-state index contributed by atoms with van der Waals surface area (Å²) in [4.78, 5) is 48.3. The molecule has 220 valence electrons. The van der Waals surface area contributed by atoms with Crippen LogP contribution in [0.2, 0.25) is 5.02 Å². The third kappa shape index (κ3) is 7.49. The minimum atomic E-state index is -5.08. The Kier molecular flexibility index (Phi) is 9.42. The number of halogens is 4. The average molecular weight is 594 g/mol. The summed E-state index contributed by atoms with van der Waals surface area (Å²) in [5.41, 5.74) is 2.45. The van der Waals surface area contributed by atoms with Crippen LogP contribution in [0.1, 0.15) is 28.8 Å². The highest BCUT2D eigenvalue weighted by molar-refractivity contribution is 6.30. The number of guanidine groups is 1. The maximum absolute atomic E-state index is 13.4. The highest BCUT2D eigenvalue weighted by atomic mass is 35.5. The van der Waals surface area contributed by atoms with Gasteiger partial charge < -0.3 is 24.7 Å². The van der Waals surface area contributed by atoms with Crippen LogP contribution in [0.3, 0.4) is 0 Å². The third-order valence-electron chi connectivity index (χ3n) is 7.26. The first-order chi connectivity index (χ1) is 19.4. The molecule has 0 aliphatic carbocycles. The molecule has 0 aromatic heterocycles. The number of aliphatic imine (C=N–C) groups is 1. The first kappa shape index (κ1) is 30.2. The Morgan fingerprint density at radius 3 is 2.24 bits per heavy atom. The van der Waals surface area contributed by atoms with Crippen molar-refractivity contribution in [2.24, 2.45) is 10.9 Å². The van der Waals surface area contributed by atoms with Gasteiger partial charge in [0.1, 0.15) is 6.54 Å². The van der Waals surface area contributed by atoms with E-state index in [4.69, 9.17) is 21.5 Å². The molecule has 1 fully saturated rings. The lowest BCUT2D eigenvalue weighted by molar-refractivity contribution is -0.192. The van der Waals surface area contributed by atoms with E-state index in [0.717, 1.165) is 56.2 Å². The number of carbonyl (C=O) groups is 3. The number of likely N-dealkylation sites (tertiary alicyclic amines) is 1. The van der Waals surface area contributed by atoms with Crippen LogP contribution in [0.5, 0.6) is 0 Å². The molecule has 1 N–H and O–H groups in total. The van der Waals surface area contributed by atoms with Crippen molar-refractivity contribution in [3.8, 4) is 0 Å². The molecule has 0 bridgehead atoms. The summed E-state index contributed by atoms with van der Waals surface area (Å²) in [5.74, 6) is -1.43. The first-order valence-corrected chi connectivity index (χ1v) is 13.6. The molecule has 0 atom stereocenters. The van der Waals surface area contributed by atoms with Crippen LogP contribution in [0, 0.1) is 5.92 Å². The number of anilines is 1. The van der Waals surface area contributed by atoms with Crippen molar-refractivity contribution in [1.82, 2.24) is 14.7 Å². The molecular weight excluding hydrogens is 563 g/mol. The molecule has 2 aromatic rings. The number of carboxylic acids is 1. The zero-order chi connectivity index (χ0) is 29.7. The standard InChI is InChI=1S/C26H30ClN5O2.C2HF3O2/c1-29-15-12-28-26(29)30-13-10-19(11-14-30)16-32-23-5-3-2-4-21(23)17-31(18-24(32)33)25(34)20-6-8-22(27)9-7-20;3-2(4,5)1(6)7/h2-9,19H,10-18H2,1H3;(H,6,7). The number of piperidine rings is 1. The Labute approximate surface area is 240 Å². The van der Waals surface area contributed by atoms with Crippen molar-refractivity contribution >= 4 is 41.0 Å². The largest absolute Gasteiger partial charge is 0.490 e. The number of hydrogen-bond donors (Lipinski definition) is 1. The molecule has 1 saturated heterocycles. The number of carboxylic acid groups (broad SMARTS) is 1. The van der Waals surface area contributed by atoms with E-state index in [1.165, 1.54) is 0 Å². The fourth-order valence-corrected chi connectivity index (χ4v) is 5.23. The molecule has 3 heterocycles. The molecule has 0 spiro atoms. The van der Waals surface area contributed by atoms with Gasteiger partial charge in [0.2, 0.25) is 5.91 Å². The fourth-order valence-electron chi connectivity index (χ4n) is 5.11. The molecule has 9 nitrogen and oxygen atoms in total.